The summed E-state index contributed by atoms with van der Waals surface area (Å²) in [7, 11) is 0. The van der Waals surface area contributed by atoms with Crippen LogP contribution in [-0.4, -0.2) is 15.3 Å². The lowest BCUT2D eigenvalue weighted by atomic mass is 9.88. The standard InChI is InChI=1S/C48H30O3/c1-4-31-7-13-34(14-8-31)37-19-25-40(26-20-37)43-46(49)44(41-27-21-38(22-28-41)35-15-9-32(5-2)10-16-35)48(51)45(47(43)50)42-29-23-39(24-30-42)36-17-11-33(6-3)12-18-36/h1-3,7-30,49-51H. The zero-order valence-electron chi connectivity index (χ0n) is 27.4. The van der Waals surface area contributed by atoms with Gasteiger partial charge in [0.2, 0.25) is 0 Å². The molecule has 0 aliphatic rings. The Bertz CT molecular complexity index is 2190. The number of benzene rings is 7. The minimum atomic E-state index is -0.240. The molecule has 7 aromatic carbocycles. The van der Waals surface area contributed by atoms with Crippen molar-refractivity contribution in [3.8, 4) is 121 Å². The molecule has 0 aromatic heterocycles. The fraction of sp³-hybridized carbons (Fsp3) is 0. The van der Waals surface area contributed by atoms with E-state index >= 15 is 0 Å². The van der Waals surface area contributed by atoms with Crippen LogP contribution in [0.15, 0.2) is 146 Å². The van der Waals surface area contributed by atoms with Crippen molar-refractivity contribution in [2.24, 2.45) is 0 Å². The van der Waals surface area contributed by atoms with Crippen molar-refractivity contribution in [1.82, 2.24) is 0 Å². The summed E-state index contributed by atoms with van der Waals surface area (Å²) in [6.07, 6.45) is 16.6. The van der Waals surface area contributed by atoms with Crippen LogP contribution in [-0.2, 0) is 0 Å². The summed E-state index contributed by atoms with van der Waals surface area (Å²) in [5, 5.41) is 35.6. The molecule has 0 unspecified atom stereocenters. The summed E-state index contributed by atoms with van der Waals surface area (Å²) in [6, 6.07) is 45.6. The van der Waals surface area contributed by atoms with E-state index in [1.165, 1.54) is 0 Å². The number of phenols is 3. The average Bonchev–Trinajstić information content (AvgIpc) is 3.19. The van der Waals surface area contributed by atoms with Gasteiger partial charge < -0.3 is 15.3 Å². The smallest absolute Gasteiger partial charge is 0.138 e. The largest absolute Gasteiger partial charge is 0.506 e. The molecule has 240 valence electrons. The molecule has 0 saturated carbocycles. The molecule has 0 spiro atoms. The number of rotatable bonds is 6. The van der Waals surface area contributed by atoms with Crippen LogP contribution in [0.3, 0.4) is 0 Å². The maximum atomic E-state index is 11.9. The van der Waals surface area contributed by atoms with Crippen LogP contribution in [0, 0.1) is 37.0 Å². The molecule has 0 fully saturated rings. The van der Waals surface area contributed by atoms with Crippen LogP contribution in [0.5, 0.6) is 17.2 Å². The van der Waals surface area contributed by atoms with Crippen molar-refractivity contribution in [1.29, 1.82) is 0 Å². The molecular formula is C48H30O3. The highest BCUT2D eigenvalue weighted by atomic mass is 16.3. The first-order valence-corrected chi connectivity index (χ1v) is 16.2. The predicted molar refractivity (Wildman–Crippen MR) is 208 cm³/mol. The molecule has 0 atom stereocenters. The van der Waals surface area contributed by atoms with Gasteiger partial charge in [0.15, 0.2) is 0 Å². The van der Waals surface area contributed by atoms with E-state index < -0.39 is 0 Å². The monoisotopic (exact) mass is 654 g/mol. The number of hydrogen-bond acceptors (Lipinski definition) is 3. The molecule has 3 heteroatoms. The number of phenolic OH excluding ortho intramolecular Hbond substituents is 3. The second-order valence-electron chi connectivity index (χ2n) is 12.1. The first-order chi connectivity index (χ1) is 24.9. The lowest BCUT2D eigenvalue weighted by molar-refractivity contribution is 0.436. The Morgan fingerprint density at radius 1 is 0.255 bits per heavy atom. The lowest BCUT2D eigenvalue weighted by Gasteiger charge is -2.20. The molecule has 0 radical (unpaired) electrons. The second-order valence-corrected chi connectivity index (χ2v) is 12.1. The van der Waals surface area contributed by atoms with Gasteiger partial charge in [-0.05, 0) is 86.5 Å². The van der Waals surface area contributed by atoms with Gasteiger partial charge in [-0.2, -0.15) is 0 Å². The van der Waals surface area contributed by atoms with Crippen molar-refractivity contribution in [2.75, 3.05) is 0 Å². The number of aromatic hydroxyl groups is 3. The van der Waals surface area contributed by atoms with Gasteiger partial charge in [-0.3, -0.25) is 0 Å². The Morgan fingerprint density at radius 2 is 0.412 bits per heavy atom. The third-order valence-electron chi connectivity index (χ3n) is 9.10. The van der Waals surface area contributed by atoms with E-state index in [2.05, 4.69) is 17.8 Å². The normalized spacial score (nSPS) is 10.5. The molecule has 0 aliphatic carbocycles. The van der Waals surface area contributed by atoms with Gasteiger partial charge in [0.1, 0.15) is 17.2 Å². The van der Waals surface area contributed by atoms with Gasteiger partial charge in [0.25, 0.3) is 0 Å². The SMILES string of the molecule is C#Cc1ccc(-c2ccc(-c3c(O)c(-c4ccc(-c5ccc(C#C)cc5)cc4)c(O)c(-c4ccc(-c5ccc(C#C)cc5)cc4)c3O)cc2)cc1. The third kappa shape index (κ3) is 6.19. The topological polar surface area (TPSA) is 60.7 Å². The van der Waals surface area contributed by atoms with Gasteiger partial charge in [-0.1, -0.05) is 127 Å². The summed E-state index contributed by atoms with van der Waals surface area (Å²) < 4.78 is 0. The van der Waals surface area contributed by atoms with Gasteiger partial charge in [0.05, 0.1) is 16.7 Å². The molecule has 7 aromatic rings. The van der Waals surface area contributed by atoms with Crippen LogP contribution in [0.25, 0.3) is 66.8 Å². The third-order valence-corrected chi connectivity index (χ3v) is 9.10. The highest BCUT2D eigenvalue weighted by Gasteiger charge is 2.26. The summed E-state index contributed by atoms with van der Waals surface area (Å²) >= 11 is 0. The van der Waals surface area contributed by atoms with Gasteiger partial charge in [-0.15, -0.1) is 19.3 Å². The summed E-state index contributed by atoms with van der Waals surface area (Å²) in [5.41, 5.74) is 10.5. The molecule has 0 bridgehead atoms. The van der Waals surface area contributed by atoms with Crippen LogP contribution in [0.2, 0.25) is 0 Å². The van der Waals surface area contributed by atoms with Crippen molar-refractivity contribution in [2.45, 2.75) is 0 Å². The minimum Gasteiger partial charge on any atom is -0.506 e. The van der Waals surface area contributed by atoms with E-state index in [1.807, 2.05) is 146 Å². The average molecular weight is 655 g/mol. The minimum absolute atomic E-state index is 0.204. The van der Waals surface area contributed by atoms with Crippen molar-refractivity contribution in [3.05, 3.63) is 162 Å². The number of terminal acetylenes is 3. The fourth-order valence-electron chi connectivity index (χ4n) is 6.30. The zero-order valence-corrected chi connectivity index (χ0v) is 27.4. The Hall–Kier alpha value is -7.38. The van der Waals surface area contributed by atoms with E-state index in [4.69, 9.17) is 19.3 Å². The van der Waals surface area contributed by atoms with E-state index in [0.29, 0.717) is 16.7 Å². The van der Waals surface area contributed by atoms with Crippen molar-refractivity contribution >= 4 is 0 Å². The zero-order chi connectivity index (χ0) is 35.5. The van der Waals surface area contributed by atoms with E-state index in [-0.39, 0.29) is 33.9 Å². The Labute approximate surface area is 297 Å². The molecule has 0 aliphatic heterocycles. The van der Waals surface area contributed by atoms with Crippen molar-refractivity contribution in [3.63, 3.8) is 0 Å². The van der Waals surface area contributed by atoms with E-state index in [9.17, 15) is 15.3 Å². The summed E-state index contributed by atoms with van der Waals surface area (Å²) in [4.78, 5) is 0. The first kappa shape index (κ1) is 32.2. The fourth-order valence-corrected chi connectivity index (χ4v) is 6.30. The molecule has 51 heavy (non-hydrogen) atoms. The van der Waals surface area contributed by atoms with Crippen LogP contribution < -0.4 is 0 Å². The molecule has 0 amide bonds. The summed E-state index contributed by atoms with van der Waals surface area (Å²) in [6.45, 7) is 0. The van der Waals surface area contributed by atoms with Gasteiger partial charge in [0, 0.05) is 16.7 Å². The predicted octanol–water partition coefficient (Wildman–Crippen LogP) is 10.7. The summed E-state index contributed by atoms with van der Waals surface area (Å²) in [5.74, 6) is 7.18. The second kappa shape index (κ2) is 13.6. The van der Waals surface area contributed by atoms with Crippen LogP contribution in [0.4, 0.5) is 0 Å². The highest BCUT2D eigenvalue weighted by Crippen LogP contribution is 2.55. The van der Waals surface area contributed by atoms with E-state index in [0.717, 1.165) is 50.1 Å². The Balaban J connectivity index is 1.35. The quantitative estimate of drug-likeness (QED) is 0.156. The van der Waals surface area contributed by atoms with Crippen LogP contribution >= 0.6 is 0 Å². The molecular weight excluding hydrogens is 625 g/mol. The first-order valence-electron chi connectivity index (χ1n) is 16.2. The molecule has 3 nitrogen and oxygen atoms in total. The molecule has 0 heterocycles. The lowest BCUT2D eigenvalue weighted by Crippen LogP contribution is -1.92. The molecule has 7 rings (SSSR count). The van der Waals surface area contributed by atoms with Gasteiger partial charge >= 0.3 is 0 Å². The maximum absolute atomic E-state index is 11.9. The molecule has 3 N–H and O–H groups in total. The van der Waals surface area contributed by atoms with Gasteiger partial charge in [-0.25, -0.2) is 0 Å². The van der Waals surface area contributed by atoms with E-state index in [1.54, 1.807) is 0 Å². The Morgan fingerprint density at radius 3 is 0.588 bits per heavy atom. The highest BCUT2D eigenvalue weighted by molar-refractivity contribution is 5.99. The maximum Gasteiger partial charge on any atom is 0.138 e. The van der Waals surface area contributed by atoms with Crippen LogP contribution in [0.1, 0.15) is 16.7 Å². The number of hydrogen-bond donors (Lipinski definition) is 3. The molecule has 0 saturated heterocycles. The Kier molecular flexibility index (Phi) is 8.60. The van der Waals surface area contributed by atoms with Crippen molar-refractivity contribution < 1.29 is 15.3 Å².